The Morgan fingerprint density at radius 1 is 0.974 bits per heavy atom. The molecule has 3 amide bonds. The van der Waals surface area contributed by atoms with Gasteiger partial charge < -0.3 is 5.32 Å². The SMILES string of the molecule is CN1C(=O)[C@@H]2[C@H](C1=O)[C@H]([C]1[CH][CH][CH][CH]1)N[C@@H]2C(=O)N1[C@@H]2C[C@H]3CC[C@]2(CS1(=O)=O)C3(C)C.[CH]1[CH][CH][CH][CH]1.[Fe+2]. The predicted octanol–water partition coefficient (Wildman–Crippen LogP) is 1.35. The molecule has 7 rings (SSSR count). The number of carbonyl (C=O) groups excluding carboxylic acids is 3. The van der Waals surface area contributed by atoms with Gasteiger partial charge in [-0.2, -0.15) is 0 Å². The van der Waals surface area contributed by atoms with Crippen LogP contribution in [0.3, 0.4) is 0 Å². The van der Waals surface area contributed by atoms with E-state index in [4.69, 9.17) is 0 Å². The van der Waals surface area contributed by atoms with Crippen LogP contribution in [-0.4, -0.2) is 66.3 Å². The second kappa shape index (κ2) is 9.85. The molecule has 3 heterocycles. The molecular weight excluding hydrogens is 546 g/mol. The van der Waals surface area contributed by atoms with Crippen LogP contribution < -0.4 is 5.32 Å². The van der Waals surface area contributed by atoms with Gasteiger partial charge in [-0.25, -0.2) is 12.7 Å². The molecule has 4 saturated carbocycles. The maximum Gasteiger partial charge on any atom is 2.00 e. The van der Waals surface area contributed by atoms with Crippen molar-refractivity contribution in [3.05, 3.63) is 63.7 Å². The molecule has 0 unspecified atom stereocenters. The molecule has 1 N–H and O–H groups in total. The van der Waals surface area contributed by atoms with Gasteiger partial charge in [0.05, 0.1) is 23.6 Å². The maximum absolute atomic E-state index is 13.9. The molecule has 7 aliphatic rings. The summed E-state index contributed by atoms with van der Waals surface area (Å²) < 4.78 is 27.9. The number of likely N-dealkylation sites (tertiary alicyclic amines) is 1. The molecule has 10 heteroatoms. The molecule has 38 heavy (non-hydrogen) atoms. The van der Waals surface area contributed by atoms with E-state index in [0.717, 1.165) is 28.0 Å². The van der Waals surface area contributed by atoms with E-state index in [1.165, 1.54) is 7.05 Å². The number of carbonyl (C=O) groups is 3. The number of nitrogens with one attached hydrogen (secondary N) is 1. The smallest absolute Gasteiger partial charge is 0.301 e. The summed E-state index contributed by atoms with van der Waals surface area (Å²) in [5, 5.41) is 3.21. The number of nitrogens with zero attached hydrogens (tertiary/aromatic N) is 2. The second-order valence-electron chi connectivity index (χ2n) is 11.8. The summed E-state index contributed by atoms with van der Waals surface area (Å²) in [5.41, 5.74) is -0.579. The zero-order valence-electron chi connectivity index (χ0n) is 21.7. The van der Waals surface area contributed by atoms with Gasteiger partial charge in [0, 0.05) is 24.4 Å². The average Bonchev–Trinajstić information content (AvgIpc) is 3.69. The van der Waals surface area contributed by atoms with E-state index in [9.17, 15) is 22.8 Å². The van der Waals surface area contributed by atoms with Gasteiger partial charge in [-0.1, -0.05) is 13.8 Å². The van der Waals surface area contributed by atoms with E-state index >= 15 is 0 Å². The molecule has 2 bridgehead atoms. The first-order valence-corrected chi connectivity index (χ1v) is 14.6. The van der Waals surface area contributed by atoms with Gasteiger partial charge in [0.25, 0.3) is 5.91 Å². The molecule has 8 nitrogen and oxygen atoms in total. The van der Waals surface area contributed by atoms with Crippen LogP contribution in [0.1, 0.15) is 33.1 Å². The first-order valence-electron chi connectivity index (χ1n) is 13.0. The fraction of sp³-hybridized carbons (Fsp3) is 0.536. The van der Waals surface area contributed by atoms with Crippen molar-refractivity contribution >= 4 is 27.7 Å². The van der Waals surface area contributed by atoms with E-state index in [1.54, 1.807) is 0 Å². The molecular formula is C28H33FeN3O5S+2. The van der Waals surface area contributed by atoms with E-state index in [2.05, 4.69) is 19.2 Å². The van der Waals surface area contributed by atoms with E-state index < -0.39 is 51.2 Å². The minimum absolute atomic E-state index is 0. The van der Waals surface area contributed by atoms with Crippen LogP contribution in [0.25, 0.3) is 0 Å². The molecule has 7 atom stereocenters. The van der Waals surface area contributed by atoms with Crippen LogP contribution in [0.15, 0.2) is 0 Å². The number of hydrogen-bond acceptors (Lipinski definition) is 6. The average molecular weight is 580 g/mol. The zero-order valence-corrected chi connectivity index (χ0v) is 23.6. The Kier molecular flexibility index (Phi) is 7.40. The fourth-order valence-electron chi connectivity index (χ4n) is 8.13. The summed E-state index contributed by atoms with van der Waals surface area (Å²) in [5.74, 6) is -1.71. The molecule has 4 aliphatic carbocycles. The monoisotopic (exact) mass is 579 g/mol. The second-order valence-corrected chi connectivity index (χ2v) is 13.7. The van der Waals surface area contributed by atoms with Crippen molar-refractivity contribution in [2.24, 2.45) is 28.6 Å². The minimum atomic E-state index is -3.81. The van der Waals surface area contributed by atoms with Crippen molar-refractivity contribution in [2.45, 2.75) is 51.2 Å². The predicted molar refractivity (Wildman–Crippen MR) is 135 cm³/mol. The molecule has 0 aromatic heterocycles. The van der Waals surface area contributed by atoms with Crippen molar-refractivity contribution in [1.29, 1.82) is 0 Å². The molecule has 0 aromatic carbocycles. The van der Waals surface area contributed by atoms with Crippen LogP contribution >= 0.6 is 0 Å². The van der Waals surface area contributed by atoms with Gasteiger partial charge in [0.1, 0.15) is 6.04 Å². The largest absolute Gasteiger partial charge is 2.00 e. The Morgan fingerprint density at radius 3 is 2.13 bits per heavy atom. The fourth-order valence-corrected chi connectivity index (χ4v) is 10.7. The Hall–Kier alpha value is -0.961. The molecule has 3 saturated heterocycles. The van der Waals surface area contributed by atoms with Crippen molar-refractivity contribution in [3.8, 4) is 0 Å². The Bertz CT molecular complexity index is 1090. The summed E-state index contributed by atoms with van der Waals surface area (Å²) in [6, 6.07) is -1.90. The van der Waals surface area contributed by atoms with Gasteiger partial charge in [0.2, 0.25) is 21.8 Å². The Balaban J connectivity index is 0.000000442. The van der Waals surface area contributed by atoms with Gasteiger partial charge in [-0.15, -0.1) is 0 Å². The number of rotatable bonds is 2. The van der Waals surface area contributed by atoms with E-state index in [0.29, 0.717) is 12.3 Å². The van der Waals surface area contributed by atoms with Crippen molar-refractivity contribution < 1.29 is 39.9 Å². The third-order valence-electron chi connectivity index (χ3n) is 10.2. The maximum atomic E-state index is 13.9. The first kappa shape index (κ1) is 28.6. The number of hydrogen-bond donors (Lipinski definition) is 1. The first-order chi connectivity index (χ1) is 17.5. The van der Waals surface area contributed by atoms with Crippen molar-refractivity contribution in [1.82, 2.24) is 14.5 Å². The normalized spacial score (nSPS) is 42.2. The summed E-state index contributed by atoms with van der Waals surface area (Å²) in [6.45, 7) is 4.27. The molecule has 7 fully saturated rings. The summed E-state index contributed by atoms with van der Waals surface area (Å²) in [7, 11) is -2.37. The van der Waals surface area contributed by atoms with Gasteiger partial charge >= 0.3 is 17.1 Å². The molecule has 1 spiro atoms. The molecule has 3 aliphatic heterocycles. The molecule has 202 valence electrons. The summed E-state index contributed by atoms with van der Waals surface area (Å²) >= 11 is 0. The number of imide groups is 1. The number of amides is 3. The molecule has 0 aromatic rings. The molecule has 10 radical (unpaired) electrons. The standard InChI is InChI=1S/C23H28N3O5S.C5H5.Fe/c1-22(2)13-8-9-23(22)11-32(30,31)26(14(23)10-13)21(29)18-16-15(19(27)25(3)20(16)28)17(24-18)12-6-4-5-7-12;1-2-4-5-3-1;/h4-7,13-18,24H,8-11H2,1-3H3;1-5H;/q;;+2/t13-,14-,15+,16-,17+,18+,23-;;/m1../s1. The van der Waals surface area contributed by atoms with Gasteiger partial charge in [0.15, 0.2) is 0 Å². The number of sulfonamides is 1. The van der Waals surface area contributed by atoms with Crippen LogP contribution in [0.2, 0.25) is 0 Å². The van der Waals surface area contributed by atoms with Gasteiger partial charge in [-0.05, 0) is 88.4 Å². The quantitative estimate of drug-likeness (QED) is 0.392. The summed E-state index contributed by atoms with van der Waals surface area (Å²) in [4.78, 5) is 40.9. The van der Waals surface area contributed by atoms with Crippen molar-refractivity contribution in [2.75, 3.05) is 12.8 Å². The topological polar surface area (TPSA) is 104 Å². The Labute approximate surface area is 237 Å². The minimum Gasteiger partial charge on any atom is -0.301 e. The number of fused-ring (bicyclic) bond motifs is 2. The van der Waals surface area contributed by atoms with E-state index in [-0.39, 0.29) is 40.2 Å². The van der Waals surface area contributed by atoms with Crippen LogP contribution in [0, 0.1) is 92.3 Å². The third-order valence-corrected chi connectivity index (χ3v) is 12.1. The zero-order chi connectivity index (χ0) is 26.3. The van der Waals surface area contributed by atoms with Gasteiger partial charge in [-0.3, -0.25) is 19.3 Å². The third kappa shape index (κ3) is 3.90. The summed E-state index contributed by atoms with van der Waals surface area (Å²) in [6.07, 6.45) is 19.9. The van der Waals surface area contributed by atoms with E-state index in [1.807, 2.05) is 57.8 Å². The van der Waals surface area contributed by atoms with Crippen LogP contribution in [0.5, 0.6) is 0 Å². The van der Waals surface area contributed by atoms with Crippen LogP contribution in [-0.2, 0) is 41.5 Å². The Morgan fingerprint density at radius 2 is 1.55 bits per heavy atom. The van der Waals surface area contributed by atoms with Crippen LogP contribution in [0.4, 0.5) is 0 Å². The van der Waals surface area contributed by atoms with Crippen molar-refractivity contribution in [3.63, 3.8) is 0 Å².